The Kier molecular flexibility index (Phi) is 19.7. The molecule has 5 heterocycles. The molecule has 1 aliphatic heterocycles. The van der Waals surface area contributed by atoms with Gasteiger partial charge in [0.2, 0.25) is 11.8 Å². The number of nitrogens with two attached hydrogens (primary N) is 1. The molecule has 3 aromatic carbocycles. The third-order valence-corrected chi connectivity index (χ3v) is 16.0. The summed E-state index contributed by atoms with van der Waals surface area (Å²) in [4.78, 5) is 89.8. The summed E-state index contributed by atoms with van der Waals surface area (Å²) >= 11 is 5.40. The van der Waals surface area contributed by atoms with Gasteiger partial charge in [-0.2, -0.15) is 5.10 Å². The molecule has 3 amide bonds. The molecule has 5 N–H and O–H groups in total. The highest BCUT2D eigenvalue weighted by molar-refractivity contribution is 8.04. The number of Topliss-reactive ketones (excluding diaryl/α,β-unsaturated/α-hetero) is 3. The van der Waals surface area contributed by atoms with Gasteiger partial charge in [0.05, 0.1) is 61.3 Å². The maximum absolute atomic E-state index is 13.0. The summed E-state index contributed by atoms with van der Waals surface area (Å²) in [6.45, 7) is 15.0. The molecule has 7 aromatic rings. The molecule has 0 bridgehead atoms. The maximum Gasteiger partial charge on any atom is 0.256 e. The molecule has 0 atom stereocenters. The SMILES string of the molecule is CC(=O)Nc1ccc(N=c2sc(C(C)=O)c(C)n2C)cc1.CCn1c(C)c(C(C)=O)sc1=Nc1ccc(NC(C)=O)cc1.Cc1c(C(=O)CN2C=C(C(N)=O)SC2)sc(=Nc2ccc(-n3cccn3)cc2)n1CCO. The highest BCUT2D eigenvalue weighted by atomic mass is 32.2. The molecule has 392 valence electrons. The standard InChI is InChI=1S/C21H22N6O3S2.C16H19N3O2S.C15H17N3O2S/c1-14-19(17(29)11-25-12-18(20(22)30)31-13-25)32-21(26(14)9-10-28)24-15-3-5-16(6-4-15)27-8-2-7-23-27;1-5-19-10(2)15(11(3)20)22-16(19)18-14-8-6-13(7-9-14)17-12(4)21;1-9-14(10(2)19)21-15(18(9)4)17-13-7-5-12(6-8-13)16-11(3)20/h2-8,12,28H,9-11,13H2,1H3,(H2,22,30);6-9H,5H2,1-4H3,(H,17,21);5-8H,1-4H3,(H,16,20). The Bertz CT molecular complexity index is 3470. The Morgan fingerprint density at radius 1 is 0.680 bits per heavy atom. The molecule has 23 heteroatoms. The number of aromatic nitrogens is 5. The molecule has 0 saturated carbocycles. The van der Waals surface area contributed by atoms with E-state index in [2.05, 4.69) is 25.7 Å². The van der Waals surface area contributed by atoms with Crippen molar-refractivity contribution in [3.05, 3.63) is 148 Å². The Morgan fingerprint density at radius 2 is 1.16 bits per heavy atom. The second-order valence-corrected chi connectivity index (χ2v) is 20.7. The average molecular weight is 1090 g/mol. The first-order chi connectivity index (χ1) is 35.8. The van der Waals surface area contributed by atoms with E-state index >= 15 is 0 Å². The van der Waals surface area contributed by atoms with Crippen molar-refractivity contribution < 1.29 is 33.9 Å². The molecule has 8 rings (SSSR count). The molecular weight excluding hydrogens is 1030 g/mol. The van der Waals surface area contributed by atoms with Crippen LogP contribution in [0.5, 0.6) is 0 Å². The molecule has 19 nitrogen and oxygen atoms in total. The Labute approximate surface area is 449 Å². The molecule has 0 spiro atoms. The fraction of sp³-hybridized carbons (Fsp3) is 0.269. The summed E-state index contributed by atoms with van der Waals surface area (Å²) in [5.74, 6) is -0.150. The minimum atomic E-state index is -0.488. The number of nitrogens with one attached hydrogen (secondary N) is 2. The first-order valence-electron chi connectivity index (χ1n) is 23.4. The van der Waals surface area contributed by atoms with E-state index in [0.717, 1.165) is 77.1 Å². The van der Waals surface area contributed by atoms with Crippen LogP contribution in [0.2, 0.25) is 0 Å². The average Bonchev–Trinajstić information content (AvgIpc) is 4.23. The largest absolute Gasteiger partial charge is 0.395 e. The maximum atomic E-state index is 13.0. The smallest absolute Gasteiger partial charge is 0.256 e. The molecular formula is C52H58N12O7S4. The van der Waals surface area contributed by atoms with Gasteiger partial charge < -0.3 is 40.1 Å². The lowest BCUT2D eigenvalue weighted by Gasteiger charge is -2.12. The predicted octanol–water partition coefficient (Wildman–Crippen LogP) is 7.84. The van der Waals surface area contributed by atoms with Gasteiger partial charge >= 0.3 is 0 Å². The van der Waals surface area contributed by atoms with E-state index in [1.54, 1.807) is 48.0 Å². The number of aliphatic hydroxyl groups is 1. The monoisotopic (exact) mass is 1090 g/mol. The number of rotatable bonds is 15. The third kappa shape index (κ3) is 15.0. The zero-order valence-electron chi connectivity index (χ0n) is 42.9. The molecule has 0 fully saturated rings. The predicted molar refractivity (Wildman–Crippen MR) is 296 cm³/mol. The molecule has 1 aliphatic rings. The van der Waals surface area contributed by atoms with E-state index < -0.39 is 5.91 Å². The van der Waals surface area contributed by atoms with Crippen molar-refractivity contribution in [1.29, 1.82) is 0 Å². The van der Waals surface area contributed by atoms with E-state index in [1.165, 1.54) is 59.6 Å². The molecule has 0 unspecified atom stereocenters. The van der Waals surface area contributed by atoms with E-state index in [1.807, 2.05) is 121 Å². The second-order valence-electron chi connectivity index (χ2n) is 16.7. The number of anilines is 2. The summed E-state index contributed by atoms with van der Waals surface area (Å²) in [5.41, 5.74) is 12.6. The Morgan fingerprint density at radius 3 is 1.61 bits per heavy atom. The second kappa shape index (κ2) is 26.1. The number of aliphatic hydroxyl groups excluding tert-OH is 1. The summed E-state index contributed by atoms with van der Waals surface area (Å²) in [6, 6.07) is 24.0. The van der Waals surface area contributed by atoms with Crippen molar-refractivity contribution in [2.45, 2.75) is 68.5 Å². The number of benzene rings is 3. The van der Waals surface area contributed by atoms with E-state index in [0.29, 0.717) is 27.0 Å². The van der Waals surface area contributed by atoms with Crippen LogP contribution in [0.25, 0.3) is 5.69 Å². The van der Waals surface area contributed by atoms with Crippen LogP contribution in [-0.4, -0.2) is 87.6 Å². The van der Waals surface area contributed by atoms with Crippen LogP contribution in [0.4, 0.5) is 28.4 Å². The van der Waals surface area contributed by atoms with Crippen LogP contribution in [0.1, 0.15) is 80.7 Å². The van der Waals surface area contributed by atoms with Crippen LogP contribution < -0.4 is 30.8 Å². The fourth-order valence-electron chi connectivity index (χ4n) is 7.37. The zero-order chi connectivity index (χ0) is 54.5. The topological polar surface area (TPSA) is 246 Å². The lowest BCUT2D eigenvalue weighted by Crippen LogP contribution is -2.23. The first kappa shape index (κ1) is 56.7. The Balaban J connectivity index is 0.000000189. The minimum absolute atomic E-state index is 0.0514. The number of nitrogens with zero attached hydrogens (tertiary/aromatic N) is 9. The highest BCUT2D eigenvalue weighted by Crippen LogP contribution is 2.26. The van der Waals surface area contributed by atoms with Gasteiger partial charge in [0.25, 0.3) is 5.91 Å². The third-order valence-electron chi connectivity index (χ3n) is 11.1. The van der Waals surface area contributed by atoms with Gasteiger partial charge in [0.1, 0.15) is 0 Å². The molecule has 0 aliphatic carbocycles. The van der Waals surface area contributed by atoms with Crippen molar-refractivity contribution in [2.24, 2.45) is 27.8 Å². The number of amides is 3. The zero-order valence-corrected chi connectivity index (χ0v) is 46.2. The van der Waals surface area contributed by atoms with Crippen molar-refractivity contribution in [1.82, 2.24) is 28.4 Å². The van der Waals surface area contributed by atoms with Crippen molar-refractivity contribution in [3.63, 3.8) is 0 Å². The van der Waals surface area contributed by atoms with Crippen LogP contribution in [-0.2, 0) is 34.5 Å². The van der Waals surface area contributed by atoms with Crippen LogP contribution in [0, 0.1) is 20.8 Å². The van der Waals surface area contributed by atoms with Crippen molar-refractivity contribution in [3.8, 4) is 5.69 Å². The van der Waals surface area contributed by atoms with Crippen LogP contribution >= 0.6 is 45.8 Å². The number of ketones is 3. The van der Waals surface area contributed by atoms with E-state index in [9.17, 15) is 33.9 Å². The lowest BCUT2D eigenvalue weighted by molar-refractivity contribution is -0.115. The van der Waals surface area contributed by atoms with Gasteiger partial charge in [-0.1, -0.05) is 45.8 Å². The molecule has 4 aromatic heterocycles. The quantitative estimate of drug-likeness (QED) is 0.0725. The van der Waals surface area contributed by atoms with E-state index in [4.69, 9.17) is 10.7 Å². The fourth-order valence-corrected chi connectivity index (χ4v) is 11.5. The number of carbonyl (C=O) groups excluding carboxylic acids is 6. The summed E-state index contributed by atoms with van der Waals surface area (Å²) < 4.78 is 7.55. The van der Waals surface area contributed by atoms with Gasteiger partial charge in [-0.05, 0) is 107 Å². The number of thioether (sulfide) groups is 1. The number of primary amides is 1. The number of thiazole rings is 3. The van der Waals surface area contributed by atoms with Crippen LogP contribution in [0.3, 0.4) is 0 Å². The van der Waals surface area contributed by atoms with Crippen molar-refractivity contribution >= 4 is 109 Å². The van der Waals surface area contributed by atoms with Crippen molar-refractivity contribution in [2.75, 3.05) is 29.7 Å². The van der Waals surface area contributed by atoms with Gasteiger partial charge in [-0.25, -0.2) is 19.7 Å². The highest BCUT2D eigenvalue weighted by Gasteiger charge is 2.23. The van der Waals surface area contributed by atoms with Gasteiger partial charge in [0.15, 0.2) is 31.8 Å². The number of hydrogen-bond acceptors (Lipinski definition) is 16. The van der Waals surface area contributed by atoms with Gasteiger partial charge in [-0.3, -0.25) is 28.8 Å². The number of hydrogen-bond donors (Lipinski definition) is 4. The van der Waals surface area contributed by atoms with Gasteiger partial charge in [-0.15, -0.1) is 0 Å². The summed E-state index contributed by atoms with van der Waals surface area (Å²) in [6.07, 6.45) is 5.21. The normalized spacial score (nSPS) is 12.6. The lowest BCUT2D eigenvalue weighted by atomic mass is 10.2. The molecule has 0 saturated heterocycles. The Hall–Kier alpha value is -7.57. The van der Waals surface area contributed by atoms with E-state index in [-0.39, 0.29) is 42.3 Å². The first-order valence-corrected chi connectivity index (χ1v) is 26.8. The minimum Gasteiger partial charge on any atom is -0.395 e. The molecule has 0 radical (unpaired) electrons. The summed E-state index contributed by atoms with van der Waals surface area (Å²) in [7, 11) is 1.89. The molecule has 75 heavy (non-hydrogen) atoms. The van der Waals surface area contributed by atoms with Crippen LogP contribution in [0.15, 0.2) is 117 Å². The summed E-state index contributed by atoms with van der Waals surface area (Å²) in [5, 5.41) is 19.2. The number of carbonyl (C=O) groups is 6. The van der Waals surface area contributed by atoms with Gasteiger partial charge in [0, 0.05) is 94.9 Å².